The van der Waals surface area contributed by atoms with Crippen LogP contribution in [-0.4, -0.2) is 20.9 Å². The molecule has 0 spiro atoms. The molecule has 5 nitrogen and oxygen atoms in total. The van der Waals surface area contributed by atoms with Crippen molar-refractivity contribution in [1.82, 2.24) is 4.72 Å². The summed E-state index contributed by atoms with van der Waals surface area (Å²) in [6.07, 6.45) is 5.02. The van der Waals surface area contributed by atoms with Gasteiger partial charge in [-0.1, -0.05) is 36.4 Å². The van der Waals surface area contributed by atoms with Crippen LogP contribution in [0.1, 0.15) is 45.5 Å². The molecule has 6 heteroatoms. The van der Waals surface area contributed by atoms with E-state index in [9.17, 15) is 13.2 Å². The molecule has 0 saturated carbocycles. The van der Waals surface area contributed by atoms with Crippen LogP contribution in [0.15, 0.2) is 71.6 Å². The molecule has 1 N–H and O–H groups in total. The van der Waals surface area contributed by atoms with Crippen molar-refractivity contribution in [3.05, 3.63) is 94.5 Å². The second-order valence-electron chi connectivity index (χ2n) is 8.50. The van der Waals surface area contributed by atoms with E-state index in [0.29, 0.717) is 17.0 Å². The van der Waals surface area contributed by atoms with Gasteiger partial charge in [-0.2, -0.15) is 0 Å². The Bertz CT molecular complexity index is 1270. The third-order valence-electron chi connectivity index (χ3n) is 6.40. The van der Waals surface area contributed by atoms with Crippen molar-refractivity contribution in [3.8, 4) is 0 Å². The van der Waals surface area contributed by atoms with Crippen molar-refractivity contribution in [2.45, 2.75) is 43.5 Å². The molecule has 32 heavy (non-hydrogen) atoms. The molecule has 164 valence electrons. The van der Waals surface area contributed by atoms with Gasteiger partial charge in [0.1, 0.15) is 0 Å². The van der Waals surface area contributed by atoms with Crippen LogP contribution in [0.2, 0.25) is 0 Å². The third kappa shape index (κ3) is 4.08. The fraction of sp³-hybridized carbons (Fsp3) is 0.269. The van der Waals surface area contributed by atoms with Crippen LogP contribution in [0.3, 0.4) is 0 Å². The Labute approximate surface area is 189 Å². The van der Waals surface area contributed by atoms with Gasteiger partial charge in [0, 0.05) is 24.3 Å². The first-order valence-electron chi connectivity index (χ1n) is 11.1. The number of benzene rings is 3. The first kappa shape index (κ1) is 20.9. The number of carbonyl (C=O) groups excluding carboxylic acids is 1. The van der Waals surface area contributed by atoms with E-state index in [0.717, 1.165) is 48.1 Å². The molecule has 1 aliphatic carbocycles. The fourth-order valence-corrected chi connectivity index (χ4v) is 5.72. The van der Waals surface area contributed by atoms with Gasteiger partial charge in [0.05, 0.1) is 4.90 Å². The van der Waals surface area contributed by atoms with Crippen LogP contribution in [0.5, 0.6) is 0 Å². The van der Waals surface area contributed by atoms with E-state index in [-0.39, 0.29) is 12.5 Å². The number of carbonyl (C=O) groups is 1. The molecule has 0 atom stereocenters. The van der Waals surface area contributed by atoms with E-state index in [1.54, 1.807) is 11.0 Å². The summed E-state index contributed by atoms with van der Waals surface area (Å²) < 4.78 is 28.5. The minimum Gasteiger partial charge on any atom is -0.308 e. The minimum atomic E-state index is -3.58. The molecule has 0 radical (unpaired) electrons. The highest BCUT2D eigenvalue weighted by Crippen LogP contribution is 2.30. The summed E-state index contributed by atoms with van der Waals surface area (Å²) in [6, 6.07) is 20.6. The molecule has 0 unspecified atom stereocenters. The van der Waals surface area contributed by atoms with Gasteiger partial charge in [0.2, 0.25) is 10.0 Å². The maximum absolute atomic E-state index is 12.9. The van der Waals surface area contributed by atoms with Gasteiger partial charge in [0.25, 0.3) is 5.91 Å². The molecule has 1 amide bonds. The van der Waals surface area contributed by atoms with E-state index < -0.39 is 10.0 Å². The second-order valence-corrected chi connectivity index (χ2v) is 10.3. The Morgan fingerprint density at radius 1 is 0.844 bits per heavy atom. The van der Waals surface area contributed by atoms with Crippen molar-refractivity contribution in [1.29, 1.82) is 0 Å². The lowest BCUT2D eigenvalue weighted by molar-refractivity contribution is 0.0989. The van der Waals surface area contributed by atoms with E-state index in [1.165, 1.54) is 12.0 Å². The van der Waals surface area contributed by atoms with Crippen LogP contribution in [-0.2, 0) is 35.8 Å². The second kappa shape index (κ2) is 8.52. The van der Waals surface area contributed by atoms with Crippen LogP contribution < -0.4 is 9.62 Å². The molecule has 1 heterocycles. The molecule has 0 fully saturated rings. The molecule has 5 rings (SSSR count). The summed E-state index contributed by atoms with van der Waals surface area (Å²) >= 11 is 0. The molecule has 1 aliphatic heterocycles. The maximum atomic E-state index is 12.9. The Kier molecular flexibility index (Phi) is 5.57. The van der Waals surface area contributed by atoms with Gasteiger partial charge in [-0.15, -0.1) is 0 Å². The highest BCUT2D eigenvalue weighted by atomic mass is 32.2. The fourth-order valence-electron chi connectivity index (χ4n) is 4.65. The van der Waals surface area contributed by atoms with Crippen LogP contribution in [0.25, 0.3) is 0 Å². The average molecular weight is 447 g/mol. The SMILES string of the molecule is O=C(c1ccccc1)N1CCc2cc(CNS(=O)(=O)c3ccc4c(c3)CCCC4)ccc21. The Morgan fingerprint density at radius 3 is 2.44 bits per heavy atom. The zero-order chi connectivity index (χ0) is 22.1. The predicted molar refractivity (Wildman–Crippen MR) is 125 cm³/mol. The summed E-state index contributed by atoms with van der Waals surface area (Å²) in [4.78, 5) is 15.0. The maximum Gasteiger partial charge on any atom is 0.258 e. The summed E-state index contributed by atoms with van der Waals surface area (Å²) in [5, 5.41) is 0. The first-order chi connectivity index (χ1) is 15.5. The van der Waals surface area contributed by atoms with E-state index >= 15 is 0 Å². The summed E-state index contributed by atoms with van der Waals surface area (Å²) in [7, 11) is -3.58. The van der Waals surface area contributed by atoms with E-state index in [2.05, 4.69) is 4.72 Å². The number of hydrogen-bond donors (Lipinski definition) is 1. The van der Waals surface area contributed by atoms with Crippen molar-refractivity contribution in [2.75, 3.05) is 11.4 Å². The molecule has 0 bridgehead atoms. The number of nitrogens with one attached hydrogen (secondary N) is 1. The zero-order valence-electron chi connectivity index (χ0n) is 17.9. The van der Waals surface area contributed by atoms with Gasteiger partial charge in [-0.05, 0) is 84.7 Å². The average Bonchev–Trinajstić information content (AvgIpc) is 3.26. The lowest BCUT2D eigenvalue weighted by Gasteiger charge is -2.18. The number of nitrogens with zero attached hydrogens (tertiary/aromatic N) is 1. The molecule has 0 aromatic heterocycles. The molecule has 2 aliphatic rings. The van der Waals surface area contributed by atoms with Gasteiger partial charge in [-0.3, -0.25) is 4.79 Å². The van der Waals surface area contributed by atoms with Crippen LogP contribution in [0.4, 0.5) is 5.69 Å². The van der Waals surface area contributed by atoms with Crippen molar-refractivity contribution in [3.63, 3.8) is 0 Å². The first-order valence-corrected chi connectivity index (χ1v) is 12.6. The van der Waals surface area contributed by atoms with E-state index in [1.807, 2.05) is 60.7 Å². The topological polar surface area (TPSA) is 66.5 Å². The molecule has 0 saturated heterocycles. The number of amides is 1. The normalized spacial score (nSPS) is 15.3. The summed E-state index contributed by atoms with van der Waals surface area (Å²) in [5.41, 5.74) is 5.95. The van der Waals surface area contributed by atoms with Crippen molar-refractivity contribution in [2.24, 2.45) is 0 Å². The standard InChI is InChI=1S/C26H26N2O3S/c29-26(21-7-2-1-3-8-21)28-15-14-23-16-19(10-13-25(23)28)18-27-32(30,31)24-12-11-20-6-4-5-9-22(20)17-24/h1-3,7-8,10-13,16-17,27H,4-6,9,14-15,18H2. The Morgan fingerprint density at radius 2 is 1.62 bits per heavy atom. The molecular weight excluding hydrogens is 420 g/mol. The lowest BCUT2D eigenvalue weighted by atomic mass is 9.92. The molecular formula is C26H26N2O3S. The van der Waals surface area contributed by atoms with Crippen molar-refractivity contribution >= 4 is 21.6 Å². The summed E-state index contributed by atoms with van der Waals surface area (Å²) in [6.45, 7) is 0.854. The van der Waals surface area contributed by atoms with Crippen molar-refractivity contribution < 1.29 is 13.2 Å². The predicted octanol–water partition coefficient (Wildman–Crippen LogP) is 4.25. The zero-order valence-corrected chi connectivity index (χ0v) is 18.7. The summed E-state index contributed by atoms with van der Waals surface area (Å²) in [5.74, 6) is -0.00906. The highest BCUT2D eigenvalue weighted by molar-refractivity contribution is 7.89. The Hall–Kier alpha value is -2.96. The highest BCUT2D eigenvalue weighted by Gasteiger charge is 2.26. The smallest absolute Gasteiger partial charge is 0.258 e. The number of anilines is 1. The Balaban J connectivity index is 1.30. The van der Waals surface area contributed by atoms with Gasteiger partial charge in [0.15, 0.2) is 0 Å². The largest absolute Gasteiger partial charge is 0.308 e. The number of sulfonamides is 1. The monoisotopic (exact) mass is 446 g/mol. The number of aryl methyl sites for hydroxylation is 2. The quantitative estimate of drug-likeness (QED) is 0.637. The molecule has 3 aromatic rings. The van der Waals surface area contributed by atoms with Gasteiger partial charge < -0.3 is 4.90 Å². The van der Waals surface area contributed by atoms with Gasteiger partial charge >= 0.3 is 0 Å². The lowest BCUT2D eigenvalue weighted by Crippen LogP contribution is -2.28. The number of hydrogen-bond acceptors (Lipinski definition) is 3. The molecule has 3 aromatic carbocycles. The third-order valence-corrected chi connectivity index (χ3v) is 7.80. The van der Waals surface area contributed by atoms with E-state index in [4.69, 9.17) is 0 Å². The van der Waals surface area contributed by atoms with Gasteiger partial charge in [-0.25, -0.2) is 13.1 Å². The van der Waals surface area contributed by atoms with Crippen LogP contribution in [0, 0.1) is 0 Å². The van der Waals surface area contributed by atoms with Crippen LogP contribution >= 0.6 is 0 Å². The number of fused-ring (bicyclic) bond motifs is 2. The number of rotatable bonds is 5. The minimum absolute atomic E-state index is 0.00906.